The van der Waals surface area contributed by atoms with Crippen LogP contribution < -0.4 is 9.47 Å². The van der Waals surface area contributed by atoms with Crippen molar-refractivity contribution in [3.63, 3.8) is 0 Å². The Hall–Kier alpha value is -2.94. The SMILES string of the molecule is FC(F)(F)Oc1cccc(-c2ccc(-c3cccc(OC(F)(F)F)c3)c(Cl)n2)c1. The molecule has 0 unspecified atom stereocenters. The third kappa shape index (κ3) is 5.77. The van der Waals surface area contributed by atoms with Crippen LogP contribution in [0.15, 0.2) is 60.7 Å². The summed E-state index contributed by atoms with van der Waals surface area (Å²) in [5, 5.41) is -0.0474. The third-order valence-corrected chi connectivity index (χ3v) is 3.88. The first-order chi connectivity index (χ1) is 13.5. The van der Waals surface area contributed by atoms with Crippen LogP contribution in [0.4, 0.5) is 26.3 Å². The maximum Gasteiger partial charge on any atom is 0.573 e. The molecular weight excluding hydrogens is 424 g/mol. The standard InChI is InChI=1S/C19H10ClF6NO2/c20-17-15(11-3-1-5-13(9-11)28-18(21,22)23)7-8-16(27-17)12-4-2-6-14(10-12)29-19(24,25)26/h1-10H. The molecule has 152 valence electrons. The predicted octanol–water partition coefficient (Wildman–Crippen LogP) is 6.87. The minimum absolute atomic E-state index is 0.0474. The van der Waals surface area contributed by atoms with Gasteiger partial charge in [0.25, 0.3) is 0 Å². The van der Waals surface area contributed by atoms with Crippen molar-refractivity contribution in [2.75, 3.05) is 0 Å². The number of hydrogen-bond donors (Lipinski definition) is 0. The number of hydrogen-bond acceptors (Lipinski definition) is 3. The topological polar surface area (TPSA) is 31.4 Å². The average Bonchev–Trinajstić information content (AvgIpc) is 2.59. The molecule has 10 heteroatoms. The Balaban J connectivity index is 1.90. The van der Waals surface area contributed by atoms with Crippen molar-refractivity contribution in [3.8, 4) is 33.9 Å². The fraction of sp³-hybridized carbons (Fsp3) is 0.105. The molecule has 0 saturated carbocycles. The van der Waals surface area contributed by atoms with Crippen molar-refractivity contribution in [3.05, 3.63) is 65.8 Å². The van der Waals surface area contributed by atoms with Crippen molar-refractivity contribution < 1.29 is 35.8 Å². The molecule has 0 N–H and O–H groups in total. The second-order valence-electron chi connectivity index (χ2n) is 5.69. The van der Waals surface area contributed by atoms with E-state index in [0.29, 0.717) is 16.7 Å². The molecule has 3 aromatic rings. The highest BCUT2D eigenvalue weighted by molar-refractivity contribution is 6.32. The molecule has 2 aromatic carbocycles. The van der Waals surface area contributed by atoms with Crippen LogP contribution >= 0.6 is 11.6 Å². The molecule has 1 heterocycles. The summed E-state index contributed by atoms with van der Waals surface area (Å²) in [7, 11) is 0. The molecule has 3 nitrogen and oxygen atoms in total. The molecule has 3 rings (SSSR count). The number of ether oxygens (including phenoxy) is 2. The smallest absolute Gasteiger partial charge is 0.406 e. The summed E-state index contributed by atoms with van der Waals surface area (Å²) in [6.07, 6.45) is -9.68. The van der Waals surface area contributed by atoms with Gasteiger partial charge in [-0.1, -0.05) is 35.9 Å². The van der Waals surface area contributed by atoms with Crippen LogP contribution in [0.2, 0.25) is 5.15 Å². The molecule has 29 heavy (non-hydrogen) atoms. The van der Waals surface area contributed by atoms with Crippen molar-refractivity contribution in [1.29, 1.82) is 0 Å². The summed E-state index contributed by atoms with van der Waals surface area (Å²) in [4.78, 5) is 4.13. The lowest BCUT2D eigenvalue weighted by molar-refractivity contribution is -0.275. The maximum atomic E-state index is 12.4. The van der Waals surface area contributed by atoms with E-state index in [9.17, 15) is 26.3 Å². The summed E-state index contributed by atoms with van der Waals surface area (Å²) >= 11 is 6.16. The number of halogens is 7. The van der Waals surface area contributed by atoms with Gasteiger partial charge >= 0.3 is 12.7 Å². The van der Waals surface area contributed by atoms with Gasteiger partial charge in [0.05, 0.1) is 5.69 Å². The monoisotopic (exact) mass is 433 g/mol. The molecular formula is C19H10ClF6NO2. The first-order valence-electron chi connectivity index (χ1n) is 7.89. The fourth-order valence-corrected chi connectivity index (χ4v) is 2.79. The Kier molecular flexibility index (Phi) is 5.61. The molecule has 0 amide bonds. The number of pyridine rings is 1. The molecule has 1 aromatic heterocycles. The van der Waals surface area contributed by atoms with Gasteiger partial charge in [-0.2, -0.15) is 0 Å². The minimum atomic E-state index is -4.84. The van der Waals surface area contributed by atoms with Crippen LogP contribution in [0.1, 0.15) is 0 Å². The van der Waals surface area contributed by atoms with Crippen LogP contribution in [-0.2, 0) is 0 Å². The average molecular weight is 434 g/mol. The summed E-state index contributed by atoms with van der Waals surface area (Å²) in [5.74, 6) is -0.846. The van der Waals surface area contributed by atoms with Crippen LogP contribution in [0.5, 0.6) is 11.5 Å². The summed E-state index contributed by atoms with van der Waals surface area (Å²) < 4.78 is 82.1. The zero-order chi connectivity index (χ0) is 21.2. The third-order valence-electron chi connectivity index (χ3n) is 3.59. The Bertz CT molecular complexity index is 1020. The van der Waals surface area contributed by atoms with Gasteiger partial charge in [0.15, 0.2) is 0 Å². The number of benzene rings is 2. The molecule has 0 radical (unpaired) electrons. The highest BCUT2D eigenvalue weighted by atomic mass is 35.5. The number of rotatable bonds is 4. The fourth-order valence-electron chi connectivity index (χ4n) is 2.52. The lowest BCUT2D eigenvalue weighted by atomic mass is 10.1. The normalized spacial score (nSPS) is 12.0. The Morgan fingerprint density at radius 1 is 0.690 bits per heavy atom. The highest BCUT2D eigenvalue weighted by Gasteiger charge is 2.32. The zero-order valence-electron chi connectivity index (χ0n) is 14.2. The highest BCUT2D eigenvalue weighted by Crippen LogP contribution is 2.34. The lowest BCUT2D eigenvalue weighted by Gasteiger charge is -2.12. The molecule has 0 atom stereocenters. The van der Waals surface area contributed by atoms with E-state index in [2.05, 4.69) is 14.5 Å². The van der Waals surface area contributed by atoms with Crippen LogP contribution in [0, 0.1) is 0 Å². The molecule has 0 aliphatic carbocycles. The Morgan fingerprint density at radius 2 is 1.21 bits per heavy atom. The maximum absolute atomic E-state index is 12.4. The first kappa shape index (κ1) is 20.8. The van der Waals surface area contributed by atoms with E-state index in [4.69, 9.17) is 11.6 Å². The van der Waals surface area contributed by atoms with E-state index in [1.165, 1.54) is 36.4 Å². The lowest BCUT2D eigenvalue weighted by Crippen LogP contribution is -2.17. The second-order valence-corrected chi connectivity index (χ2v) is 6.04. The van der Waals surface area contributed by atoms with Crippen LogP contribution in [-0.4, -0.2) is 17.7 Å². The van der Waals surface area contributed by atoms with Gasteiger partial charge in [-0.3, -0.25) is 0 Å². The van der Waals surface area contributed by atoms with Crippen molar-refractivity contribution in [2.24, 2.45) is 0 Å². The molecule has 0 aliphatic rings. The van der Waals surface area contributed by atoms with Crippen molar-refractivity contribution in [2.45, 2.75) is 12.7 Å². The van der Waals surface area contributed by atoms with Gasteiger partial charge in [0, 0.05) is 11.1 Å². The predicted molar refractivity (Wildman–Crippen MR) is 93.5 cm³/mol. The van der Waals surface area contributed by atoms with Gasteiger partial charge in [0.2, 0.25) is 0 Å². The van der Waals surface area contributed by atoms with Crippen LogP contribution in [0.25, 0.3) is 22.4 Å². The Labute approximate surface area is 165 Å². The summed E-state index contributed by atoms with van der Waals surface area (Å²) in [6, 6.07) is 13.3. The van der Waals surface area contributed by atoms with Gasteiger partial charge in [0.1, 0.15) is 16.7 Å². The van der Waals surface area contributed by atoms with E-state index in [-0.39, 0.29) is 10.8 Å². The first-order valence-corrected chi connectivity index (χ1v) is 8.27. The van der Waals surface area contributed by atoms with E-state index in [1.807, 2.05) is 0 Å². The van der Waals surface area contributed by atoms with Gasteiger partial charge in [-0.15, -0.1) is 26.3 Å². The van der Waals surface area contributed by atoms with Gasteiger partial charge < -0.3 is 9.47 Å². The summed E-state index contributed by atoms with van der Waals surface area (Å²) in [6.45, 7) is 0. The van der Waals surface area contributed by atoms with E-state index in [0.717, 1.165) is 24.3 Å². The molecule has 0 aliphatic heterocycles. The van der Waals surface area contributed by atoms with Crippen molar-refractivity contribution in [1.82, 2.24) is 4.98 Å². The molecule has 0 saturated heterocycles. The number of alkyl halides is 6. The van der Waals surface area contributed by atoms with Crippen molar-refractivity contribution >= 4 is 11.6 Å². The minimum Gasteiger partial charge on any atom is -0.406 e. The number of nitrogens with zero attached hydrogens (tertiary/aromatic N) is 1. The molecule has 0 spiro atoms. The molecule has 0 bridgehead atoms. The van der Waals surface area contributed by atoms with Gasteiger partial charge in [-0.25, -0.2) is 4.98 Å². The van der Waals surface area contributed by atoms with E-state index in [1.54, 1.807) is 0 Å². The van der Waals surface area contributed by atoms with E-state index < -0.39 is 24.2 Å². The largest absolute Gasteiger partial charge is 0.573 e. The molecule has 0 fully saturated rings. The van der Waals surface area contributed by atoms with E-state index >= 15 is 0 Å². The Morgan fingerprint density at radius 3 is 1.72 bits per heavy atom. The summed E-state index contributed by atoms with van der Waals surface area (Å²) in [5.41, 5.74) is 1.22. The zero-order valence-corrected chi connectivity index (χ0v) is 14.9. The quantitative estimate of drug-likeness (QED) is 0.332. The van der Waals surface area contributed by atoms with Crippen LogP contribution in [0.3, 0.4) is 0 Å². The van der Waals surface area contributed by atoms with Gasteiger partial charge in [-0.05, 0) is 42.0 Å². The second kappa shape index (κ2) is 7.82. The number of aromatic nitrogens is 1.